The summed E-state index contributed by atoms with van der Waals surface area (Å²) in [5.74, 6) is -0.959. The predicted molar refractivity (Wildman–Crippen MR) is 68.5 cm³/mol. The Balaban J connectivity index is 4.10. The van der Waals surface area contributed by atoms with Gasteiger partial charge in [-0.25, -0.2) is 4.79 Å². The SMILES string of the molecule is COCCNC(=O)NCC(CC(=O)O)C(C)(C)C. The number of carbonyl (C=O) groups excluding carboxylic acids is 1. The van der Waals surface area contributed by atoms with Crippen LogP contribution in [0.25, 0.3) is 0 Å². The Morgan fingerprint density at radius 1 is 1.28 bits per heavy atom. The van der Waals surface area contributed by atoms with Crippen molar-refractivity contribution in [3.63, 3.8) is 0 Å². The average Bonchev–Trinajstić information content (AvgIpc) is 2.22. The molecule has 1 unspecified atom stereocenters. The Hall–Kier alpha value is -1.30. The van der Waals surface area contributed by atoms with Gasteiger partial charge in [0.15, 0.2) is 0 Å². The fourth-order valence-electron chi connectivity index (χ4n) is 1.44. The van der Waals surface area contributed by atoms with Crippen molar-refractivity contribution in [2.24, 2.45) is 11.3 Å². The maximum Gasteiger partial charge on any atom is 0.314 e. The highest BCUT2D eigenvalue weighted by molar-refractivity contribution is 5.74. The number of nitrogens with one attached hydrogen (secondary N) is 2. The molecule has 6 heteroatoms. The van der Waals surface area contributed by atoms with E-state index in [2.05, 4.69) is 10.6 Å². The third-order valence-corrected chi connectivity index (χ3v) is 2.75. The fraction of sp³-hybridized carbons (Fsp3) is 0.833. The van der Waals surface area contributed by atoms with Gasteiger partial charge in [-0.3, -0.25) is 4.79 Å². The number of hydrogen-bond donors (Lipinski definition) is 3. The number of carboxylic acids is 1. The third-order valence-electron chi connectivity index (χ3n) is 2.75. The number of carboxylic acid groups (broad SMARTS) is 1. The van der Waals surface area contributed by atoms with Crippen molar-refractivity contribution in [1.29, 1.82) is 0 Å². The van der Waals surface area contributed by atoms with Crippen LogP contribution in [0.1, 0.15) is 27.2 Å². The van der Waals surface area contributed by atoms with Crippen molar-refractivity contribution in [1.82, 2.24) is 10.6 Å². The molecule has 2 amide bonds. The summed E-state index contributed by atoms with van der Waals surface area (Å²) >= 11 is 0. The number of amides is 2. The first-order valence-corrected chi connectivity index (χ1v) is 5.99. The Labute approximate surface area is 108 Å². The van der Waals surface area contributed by atoms with Gasteiger partial charge < -0.3 is 20.5 Å². The molecule has 0 spiro atoms. The molecule has 0 aliphatic heterocycles. The lowest BCUT2D eigenvalue weighted by Gasteiger charge is -2.29. The van der Waals surface area contributed by atoms with E-state index in [0.29, 0.717) is 19.7 Å². The normalized spacial score (nSPS) is 12.9. The monoisotopic (exact) mass is 260 g/mol. The van der Waals surface area contributed by atoms with Crippen LogP contribution in [0.15, 0.2) is 0 Å². The standard InChI is InChI=1S/C12H24N2O4/c1-12(2,3)9(7-10(15)16)8-14-11(17)13-5-6-18-4/h9H,5-8H2,1-4H3,(H,15,16)(H2,13,14,17). The highest BCUT2D eigenvalue weighted by Gasteiger charge is 2.27. The summed E-state index contributed by atoms with van der Waals surface area (Å²) in [4.78, 5) is 22.2. The maximum absolute atomic E-state index is 11.4. The summed E-state index contributed by atoms with van der Waals surface area (Å²) in [5.41, 5.74) is -0.168. The average molecular weight is 260 g/mol. The lowest BCUT2D eigenvalue weighted by atomic mass is 9.79. The van der Waals surface area contributed by atoms with Crippen LogP contribution in [0.3, 0.4) is 0 Å². The Bertz CT molecular complexity index is 274. The van der Waals surface area contributed by atoms with E-state index in [1.165, 1.54) is 0 Å². The predicted octanol–water partition coefficient (Wildman–Crippen LogP) is 1.07. The minimum absolute atomic E-state index is 0.0435. The summed E-state index contributed by atoms with van der Waals surface area (Å²) in [7, 11) is 1.56. The molecule has 1 atom stereocenters. The van der Waals surface area contributed by atoms with Crippen LogP contribution in [0.4, 0.5) is 4.79 Å². The minimum atomic E-state index is -0.850. The molecule has 0 bridgehead atoms. The Kier molecular flexibility index (Phi) is 7.35. The molecule has 0 aliphatic rings. The molecule has 0 saturated heterocycles. The van der Waals surface area contributed by atoms with Gasteiger partial charge in [0.1, 0.15) is 0 Å². The molecule has 0 aromatic rings. The highest BCUT2D eigenvalue weighted by Crippen LogP contribution is 2.28. The van der Waals surface area contributed by atoms with Crippen LogP contribution in [-0.4, -0.2) is 43.9 Å². The van der Waals surface area contributed by atoms with Crippen LogP contribution in [0.2, 0.25) is 0 Å². The van der Waals surface area contributed by atoms with Crippen molar-refractivity contribution < 1.29 is 19.4 Å². The smallest absolute Gasteiger partial charge is 0.314 e. The number of hydrogen-bond acceptors (Lipinski definition) is 3. The van der Waals surface area contributed by atoms with E-state index in [4.69, 9.17) is 9.84 Å². The van der Waals surface area contributed by atoms with Crippen LogP contribution in [-0.2, 0) is 9.53 Å². The van der Waals surface area contributed by atoms with Gasteiger partial charge in [-0.05, 0) is 11.3 Å². The van der Waals surface area contributed by atoms with Crippen molar-refractivity contribution in [2.75, 3.05) is 26.8 Å². The van der Waals surface area contributed by atoms with Crippen molar-refractivity contribution in [3.05, 3.63) is 0 Å². The second-order valence-electron chi connectivity index (χ2n) is 5.29. The zero-order valence-electron chi connectivity index (χ0n) is 11.6. The first-order chi connectivity index (χ1) is 8.27. The second kappa shape index (κ2) is 7.92. The van der Waals surface area contributed by atoms with Gasteiger partial charge in [0.2, 0.25) is 0 Å². The number of urea groups is 1. The minimum Gasteiger partial charge on any atom is -0.481 e. The van der Waals surface area contributed by atoms with Gasteiger partial charge in [-0.1, -0.05) is 20.8 Å². The quantitative estimate of drug-likeness (QED) is 0.597. The summed E-state index contributed by atoms with van der Waals surface area (Å²) in [6.45, 7) is 7.11. The molecule has 18 heavy (non-hydrogen) atoms. The molecule has 0 radical (unpaired) electrons. The van der Waals surface area contributed by atoms with Crippen molar-refractivity contribution >= 4 is 12.0 Å². The molecule has 3 N–H and O–H groups in total. The second-order valence-corrected chi connectivity index (χ2v) is 5.29. The van der Waals surface area contributed by atoms with E-state index in [-0.39, 0.29) is 23.8 Å². The van der Waals surface area contributed by atoms with Crippen LogP contribution in [0, 0.1) is 11.3 Å². The molecule has 0 fully saturated rings. The van der Waals surface area contributed by atoms with E-state index in [1.54, 1.807) is 7.11 Å². The number of carbonyl (C=O) groups is 2. The van der Waals surface area contributed by atoms with Gasteiger partial charge >= 0.3 is 12.0 Å². The molecular formula is C12H24N2O4. The number of methoxy groups -OCH3 is 1. The van der Waals surface area contributed by atoms with Gasteiger partial charge in [0, 0.05) is 20.2 Å². The Morgan fingerprint density at radius 3 is 2.33 bits per heavy atom. The van der Waals surface area contributed by atoms with Gasteiger partial charge in [0.05, 0.1) is 13.0 Å². The molecule has 0 saturated carbocycles. The summed E-state index contributed by atoms with van der Waals surface area (Å²) in [6.07, 6.45) is 0.0435. The van der Waals surface area contributed by atoms with Crippen LogP contribution < -0.4 is 10.6 Å². The van der Waals surface area contributed by atoms with Gasteiger partial charge in [-0.15, -0.1) is 0 Å². The molecule has 0 rings (SSSR count). The molecule has 0 aromatic heterocycles. The summed E-state index contributed by atoms with van der Waals surface area (Å²) < 4.78 is 4.80. The lowest BCUT2D eigenvalue weighted by Crippen LogP contribution is -2.42. The Morgan fingerprint density at radius 2 is 1.89 bits per heavy atom. The van der Waals surface area contributed by atoms with E-state index < -0.39 is 5.97 Å². The first-order valence-electron chi connectivity index (χ1n) is 5.99. The molecule has 0 aromatic carbocycles. The largest absolute Gasteiger partial charge is 0.481 e. The van der Waals surface area contributed by atoms with Crippen molar-refractivity contribution in [2.45, 2.75) is 27.2 Å². The molecule has 106 valence electrons. The van der Waals surface area contributed by atoms with E-state index >= 15 is 0 Å². The number of rotatable bonds is 7. The molecule has 0 aliphatic carbocycles. The van der Waals surface area contributed by atoms with Gasteiger partial charge in [0.25, 0.3) is 0 Å². The zero-order chi connectivity index (χ0) is 14.2. The summed E-state index contributed by atoms with van der Waals surface area (Å²) in [6, 6.07) is -0.299. The van der Waals surface area contributed by atoms with Crippen LogP contribution >= 0.6 is 0 Å². The van der Waals surface area contributed by atoms with E-state index in [9.17, 15) is 9.59 Å². The number of ether oxygens (including phenoxy) is 1. The highest BCUT2D eigenvalue weighted by atomic mass is 16.5. The number of aliphatic carboxylic acids is 1. The van der Waals surface area contributed by atoms with Crippen LogP contribution in [0.5, 0.6) is 0 Å². The summed E-state index contributed by atoms with van der Waals surface area (Å²) in [5, 5.41) is 14.1. The van der Waals surface area contributed by atoms with E-state index in [0.717, 1.165) is 0 Å². The topological polar surface area (TPSA) is 87.7 Å². The first kappa shape index (κ1) is 16.7. The third kappa shape index (κ3) is 7.89. The molecule has 6 nitrogen and oxygen atoms in total. The van der Waals surface area contributed by atoms with Crippen molar-refractivity contribution in [3.8, 4) is 0 Å². The van der Waals surface area contributed by atoms with Gasteiger partial charge in [-0.2, -0.15) is 0 Å². The van der Waals surface area contributed by atoms with E-state index in [1.807, 2.05) is 20.8 Å². The lowest BCUT2D eigenvalue weighted by molar-refractivity contribution is -0.139. The zero-order valence-corrected chi connectivity index (χ0v) is 11.6. The molecule has 0 heterocycles. The molecular weight excluding hydrogens is 236 g/mol. The maximum atomic E-state index is 11.4. The fourth-order valence-corrected chi connectivity index (χ4v) is 1.44.